The minimum Gasteiger partial charge on any atom is -0.326 e. The fraction of sp³-hybridized carbons (Fsp3) is 0.182. The van der Waals surface area contributed by atoms with Gasteiger partial charge in [0.05, 0.1) is 5.69 Å². The molecule has 0 aliphatic heterocycles. The van der Waals surface area contributed by atoms with Crippen LogP contribution in [0.1, 0.15) is 11.3 Å². The van der Waals surface area contributed by atoms with Crippen molar-refractivity contribution in [2.45, 2.75) is 13.8 Å². The van der Waals surface area contributed by atoms with E-state index in [-0.39, 0.29) is 0 Å². The molecule has 2 aromatic heterocycles. The number of nitrogens with zero attached hydrogens (tertiary/aromatic N) is 1. The zero-order chi connectivity index (χ0) is 12.4. The number of aromatic nitrogens is 1. The summed E-state index contributed by atoms with van der Waals surface area (Å²) in [6, 6.07) is 1.94. The molecule has 0 unspecified atom stereocenters. The van der Waals surface area contributed by atoms with Crippen LogP contribution in [0.15, 0.2) is 6.07 Å². The van der Waals surface area contributed by atoms with E-state index in [4.69, 9.17) is 0 Å². The van der Waals surface area contributed by atoms with Crippen LogP contribution in [0.5, 0.6) is 0 Å². The maximum absolute atomic E-state index is 10.6. The summed E-state index contributed by atoms with van der Waals surface area (Å²) in [6.07, 6.45) is 1.18. The number of aryl methyl sites for hydroxylation is 2. The van der Waals surface area contributed by atoms with Crippen molar-refractivity contribution in [3.63, 3.8) is 0 Å². The molecule has 2 heterocycles. The van der Waals surface area contributed by atoms with E-state index < -0.39 is 0 Å². The summed E-state index contributed by atoms with van der Waals surface area (Å²) >= 11 is 1.34. The van der Waals surface area contributed by atoms with E-state index in [1.807, 2.05) is 19.9 Å². The van der Waals surface area contributed by atoms with Crippen LogP contribution >= 0.6 is 11.3 Å². The third-order valence-electron chi connectivity index (χ3n) is 2.38. The first kappa shape index (κ1) is 11.5. The average molecular weight is 249 g/mol. The Morgan fingerprint density at radius 2 is 1.94 bits per heavy atom. The van der Waals surface area contributed by atoms with Gasteiger partial charge in [0.25, 0.3) is 0 Å². The molecule has 0 atom stereocenters. The molecule has 2 aromatic rings. The number of amides is 2. The molecule has 0 aromatic carbocycles. The lowest BCUT2D eigenvalue weighted by atomic mass is 10.1. The quantitative estimate of drug-likeness (QED) is 0.815. The number of carbonyl (C=O) groups excluding carboxylic acids is 2. The molecule has 0 bridgehead atoms. The van der Waals surface area contributed by atoms with Crippen LogP contribution in [0.4, 0.5) is 10.7 Å². The van der Waals surface area contributed by atoms with E-state index in [1.165, 1.54) is 11.3 Å². The summed E-state index contributed by atoms with van der Waals surface area (Å²) in [5.74, 6) is 0. The van der Waals surface area contributed by atoms with Crippen molar-refractivity contribution in [1.29, 1.82) is 0 Å². The van der Waals surface area contributed by atoms with Gasteiger partial charge in [0.15, 0.2) is 0 Å². The highest BCUT2D eigenvalue weighted by Crippen LogP contribution is 2.40. The zero-order valence-corrected chi connectivity index (χ0v) is 10.2. The van der Waals surface area contributed by atoms with Crippen molar-refractivity contribution in [3.8, 4) is 0 Å². The largest absolute Gasteiger partial charge is 0.326 e. The predicted molar refractivity (Wildman–Crippen MR) is 68.5 cm³/mol. The minimum atomic E-state index is 0.586. The van der Waals surface area contributed by atoms with Gasteiger partial charge >= 0.3 is 0 Å². The molecule has 0 saturated heterocycles. The number of nitrogens with one attached hydrogen (secondary N) is 2. The molecule has 88 valence electrons. The number of thiophene rings is 1. The molecule has 5 nitrogen and oxygen atoms in total. The Labute approximate surface area is 102 Å². The standard InChI is InChI=1S/C11H11N3O2S/c1-6-3-7(2)14-10-8(6)9(12-4-15)11(17-10)13-5-16/h3-5H,1-2H3,(H,12,15)(H,13,16). The third-order valence-corrected chi connectivity index (χ3v) is 3.40. The lowest BCUT2D eigenvalue weighted by Gasteiger charge is -2.03. The molecule has 2 amide bonds. The topological polar surface area (TPSA) is 71.1 Å². The van der Waals surface area contributed by atoms with E-state index in [2.05, 4.69) is 15.6 Å². The monoisotopic (exact) mass is 249 g/mol. The number of fused-ring (bicyclic) bond motifs is 1. The second kappa shape index (κ2) is 4.50. The Morgan fingerprint density at radius 3 is 2.59 bits per heavy atom. The summed E-state index contributed by atoms with van der Waals surface area (Å²) in [6.45, 7) is 3.86. The van der Waals surface area contributed by atoms with Gasteiger partial charge < -0.3 is 10.6 Å². The summed E-state index contributed by atoms with van der Waals surface area (Å²) in [4.78, 5) is 26.3. The Balaban J connectivity index is 2.74. The van der Waals surface area contributed by atoms with Crippen LogP contribution in [0, 0.1) is 13.8 Å². The number of hydrogen-bond donors (Lipinski definition) is 2. The first-order chi connectivity index (χ1) is 8.17. The first-order valence-corrected chi connectivity index (χ1v) is 5.80. The molecule has 0 spiro atoms. The Kier molecular flexibility index (Phi) is 3.06. The molecular weight excluding hydrogens is 238 g/mol. The summed E-state index contributed by atoms with van der Waals surface area (Å²) < 4.78 is 0. The highest BCUT2D eigenvalue weighted by atomic mass is 32.1. The van der Waals surface area contributed by atoms with Gasteiger partial charge in [0.2, 0.25) is 12.8 Å². The van der Waals surface area contributed by atoms with Crippen molar-refractivity contribution in [2.24, 2.45) is 0 Å². The second-order valence-electron chi connectivity index (χ2n) is 3.59. The van der Waals surface area contributed by atoms with Gasteiger partial charge in [-0.3, -0.25) is 9.59 Å². The van der Waals surface area contributed by atoms with Crippen molar-refractivity contribution < 1.29 is 9.59 Å². The summed E-state index contributed by atoms with van der Waals surface area (Å²) in [5, 5.41) is 6.66. The van der Waals surface area contributed by atoms with Crippen LogP contribution in [-0.2, 0) is 9.59 Å². The first-order valence-electron chi connectivity index (χ1n) is 4.98. The molecule has 0 radical (unpaired) electrons. The van der Waals surface area contributed by atoms with E-state index in [1.54, 1.807) is 0 Å². The summed E-state index contributed by atoms with van der Waals surface area (Å²) in [7, 11) is 0. The van der Waals surface area contributed by atoms with Gasteiger partial charge in [0.1, 0.15) is 9.83 Å². The molecule has 2 N–H and O–H groups in total. The maximum Gasteiger partial charge on any atom is 0.212 e. The number of carbonyl (C=O) groups is 2. The van der Waals surface area contributed by atoms with Gasteiger partial charge in [0, 0.05) is 11.1 Å². The van der Waals surface area contributed by atoms with Crippen LogP contribution in [-0.4, -0.2) is 17.8 Å². The molecule has 0 fully saturated rings. The molecular formula is C11H11N3O2S. The fourth-order valence-electron chi connectivity index (χ4n) is 1.79. The van der Waals surface area contributed by atoms with Crippen molar-refractivity contribution in [1.82, 2.24) is 4.98 Å². The van der Waals surface area contributed by atoms with Crippen molar-refractivity contribution >= 4 is 45.1 Å². The fourth-order valence-corrected chi connectivity index (χ4v) is 2.91. The van der Waals surface area contributed by atoms with Crippen LogP contribution in [0.2, 0.25) is 0 Å². The normalized spacial score (nSPS) is 10.2. The number of hydrogen-bond acceptors (Lipinski definition) is 4. The van der Waals surface area contributed by atoms with Crippen LogP contribution in [0.25, 0.3) is 10.2 Å². The summed E-state index contributed by atoms with van der Waals surface area (Å²) in [5.41, 5.74) is 2.54. The van der Waals surface area contributed by atoms with E-state index in [0.29, 0.717) is 23.5 Å². The minimum absolute atomic E-state index is 0.586. The lowest BCUT2D eigenvalue weighted by Crippen LogP contribution is -1.99. The van der Waals surface area contributed by atoms with Crippen molar-refractivity contribution in [2.75, 3.05) is 10.6 Å². The molecule has 0 aliphatic rings. The van der Waals surface area contributed by atoms with E-state index in [9.17, 15) is 9.59 Å². The average Bonchev–Trinajstić information content (AvgIpc) is 2.58. The SMILES string of the molecule is Cc1cc(C)c2c(NC=O)c(NC=O)sc2n1. The van der Waals surface area contributed by atoms with E-state index in [0.717, 1.165) is 21.5 Å². The highest BCUT2D eigenvalue weighted by Gasteiger charge is 2.14. The third kappa shape index (κ3) is 1.99. The zero-order valence-electron chi connectivity index (χ0n) is 9.40. The number of rotatable bonds is 4. The highest BCUT2D eigenvalue weighted by molar-refractivity contribution is 7.23. The molecule has 6 heteroatoms. The predicted octanol–water partition coefficient (Wildman–Crippen LogP) is 2.05. The lowest BCUT2D eigenvalue weighted by molar-refractivity contribution is -0.106. The van der Waals surface area contributed by atoms with Crippen LogP contribution in [0.3, 0.4) is 0 Å². The second-order valence-corrected chi connectivity index (χ2v) is 4.59. The number of anilines is 2. The van der Waals surface area contributed by atoms with Gasteiger partial charge in [-0.25, -0.2) is 4.98 Å². The number of pyridine rings is 1. The van der Waals surface area contributed by atoms with Gasteiger partial charge in [-0.05, 0) is 25.5 Å². The molecule has 2 rings (SSSR count). The molecule has 0 saturated carbocycles. The smallest absolute Gasteiger partial charge is 0.212 e. The molecule has 17 heavy (non-hydrogen) atoms. The maximum atomic E-state index is 10.6. The Hall–Kier alpha value is -1.95. The van der Waals surface area contributed by atoms with Gasteiger partial charge in [-0.1, -0.05) is 11.3 Å². The van der Waals surface area contributed by atoms with Crippen molar-refractivity contribution in [3.05, 3.63) is 17.3 Å². The Bertz CT molecular complexity index is 592. The Morgan fingerprint density at radius 1 is 1.24 bits per heavy atom. The van der Waals surface area contributed by atoms with E-state index >= 15 is 0 Å². The van der Waals surface area contributed by atoms with Crippen LogP contribution < -0.4 is 10.6 Å². The van der Waals surface area contributed by atoms with Gasteiger partial charge in [-0.15, -0.1) is 0 Å². The van der Waals surface area contributed by atoms with Gasteiger partial charge in [-0.2, -0.15) is 0 Å². The molecule has 0 aliphatic carbocycles.